The van der Waals surface area contributed by atoms with Gasteiger partial charge in [-0.15, -0.1) is 0 Å². The van der Waals surface area contributed by atoms with Crippen molar-refractivity contribution in [3.8, 4) is 11.5 Å². The number of rotatable bonds is 4. The summed E-state index contributed by atoms with van der Waals surface area (Å²) in [5, 5.41) is 0.727. The summed E-state index contributed by atoms with van der Waals surface area (Å²) in [5.74, 6) is 1.00. The van der Waals surface area contributed by atoms with Gasteiger partial charge in [-0.3, -0.25) is 4.79 Å². The van der Waals surface area contributed by atoms with Gasteiger partial charge in [-0.2, -0.15) is 0 Å². The van der Waals surface area contributed by atoms with Crippen LogP contribution < -0.4 is 14.4 Å². The maximum absolute atomic E-state index is 13.0. The lowest BCUT2D eigenvalue weighted by Gasteiger charge is -2.37. The van der Waals surface area contributed by atoms with Gasteiger partial charge in [0.2, 0.25) is 0 Å². The molecule has 138 valence electrons. The average Bonchev–Trinajstić information content (AvgIpc) is 2.68. The highest BCUT2D eigenvalue weighted by molar-refractivity contribution is 6.30. The third kappa shape index (κ3) is 3.58. The molecule has 0 spiro atoms. The van der Waals surface area contributed by atoms with Crippen LogP contribution in [-0.4, -0.2) is 51.2 Å². The van der Waals surface area contributed by atoms with Crippen molar-refractivity contribution < 1.29 is 14.3 Å². The van der Waals surface area contributed by atoms with E-state index >= 15 is 0 Å². The van der Waals surface area contributed by atoms with Gasteiger partial charge in [-0.05, 0) is 36.8 Å². The van der Waals surface area contributed by atoms with Crippen molar-refractivity contribution in [2.24, 2.45) is 0 Å². The number of hydrogen-bond acceptors (Lipinski definition) is 4. The molecule has 0 unspecified atom stereocenters. The Morgan fingerprint density at radius 3 is 2.42 bits per heavy atom. The number of piperazine rings is 1. The normalized spacial score (nSPS) is 14.3. The molecule has 0 radical (unpaired) electrons. The number of aryl methyl sites for hydroxylation is 1. The summed E-state index contributed by atoms with van der Waals surface area (Å²) in [4.78, 5) is 17.1. The van der Waals surface area contributed by atoms with E-state index in [0.717, 1.165) is 23.8 Å². The lowest BCUT2D eigenvalue weighted by Crippen LogP contribution is -2.49. The molecule has 0 N–H and O–H groups in total. The van der Waals surface area contributed by atoms with Gasteiger partial charge < -0.3 is 19.3 Å². The number of para-hydroxylation sites is 1. The second-order valence-corrected chi connectivity index (χ2v) is 6.69. The molecular formula is C20H23ClN2O3. The van der Waals surface area contributed by atoms with Crippen LogP contribution in [0.15, 0.2) is 36.4 Å². The van der Waals surface area contributed by atoms with Gasteiger partial charge in [-0.25, -0.2) is 0 Å². The molecule has 1 aliphatic heterocycles. The van der Waals surface area contributed by atoms with Crippen molar-refractivity contribution in [1.29, 1.82) is 0 Å². The smallest absolute Gasteiger partial charge is 0.257 e. The van der Waals surface area contributed by atoms with Gasteiger partial charge in [0.1, 0.15) is 0 Å². The first-order valence-corrected chi connectivity index (χ1v) is 8.94. The Morgan fingerprint density at radius 2 is 1.77 bits per heavy atom. The maximum Gasteiger partial charge on any atom is 0.257 e. The number of amides is 1. The largest absolute Gasteiger partial charge is 0.493 e. The van der Waals surface area contributed by atoms with Crippen LogP contribution in [0.3, 0.4) is 0 Å². The van der Waals surface area contributed by atoms with E-state index in [1.165, 1.54) is 5.56 Å². The van der Waals surface area contributed by atoms with Gasteiger partial charge in [0, 0.05) is 36.9 Å². The number of halogens is 1. The molecule has 1 aliphatic rings. The molecule has 2 aromatic carbocycles. The minimum Gasteiger partial charge on any atom is -0.493 e. The Morgan fingerprint density at radius 1 is 1.04 bits per heavy atom. The van der Waals surface area contributed by atoms with Crippen molar-refractivity contribution >= 4 is 23.2 Å². The van der Waals surface area contributed by atoms with Gasteiger partial charge in [0.05, 0.1) is 19.8 Å². The Bertz CT molecular complexity index is 802. The molecule has 3 rings (SSSR count). The van der Waals surface area contributed by atoms with E-state index in [1.807, 2.05) is 23.1 Å². The third-order valence-corrected chi connectivity index (χ3v) is 4.95. The average molecular weight is 375 g/mol. The molecule has 1 amide bonds. The van der Waals surface area contributed by atoms with E-state index in [0.29, 0.717) is 30.2 Å². The molecule has 0 bridgehead atoms. The van der Waals surface area contributed by atoms with Crippen LogP contribution in [0.1, 0.15) is 15.9 Å². The van der Waals surface area contributed by atoms with E-state index in [9.17, 15) is 4.79 Å². The molecule has 1 saturated heterocycles. The second kappa shape index (κ2) is 7.87. The molecule has 26 heavy (non-hydrogen) atoms. The lowest BCUT2D eigenvalue weighted by molar-refractivity contribution is 0.0742. The fraction of sp³-hybridized carbons (Fsp3) is 0.350. The number of methoxy groups -OCH3 is 2. The summed E-state index contributed by atoms with van der Waals surface area (Å²) < 4.78 is 10.7. The molecule has 2 aromatic rings. The highest BCUT2D eigenvalue weighted by Crippen LogP contribution is 2.32. The Labute approximate surface area is 159 Å². The minimum atomic E-state index is -0.0387. The van der Waals surface area contributed by atoms with Crippen LogP contribution in [0.25, 0.3) is 0 Å². The predicted octanol–water partition coefficient (Wildman–Crippen LogP) is 3.63. The summed E-state index contributed by atoms with van der Waals surface area (Å²) >= 11 is 6.14. The number of nitrogens with zero attached hydrogens (tertiary/aromatic N) is 2. The molecule has 0 aliphatic carbocycles. The molecule has 0 atom stereocenters. The third-order valence-electron chi connectivity index (χ3n) is 4.71. The quantitative estimate of drug-likeness (QED) is 0.819. The van der Waals surface area contributed by atoms with Crippen molar-refractivity contribution in [3.05, 3.63) is 52.5 Å². The van der Waals surface area contributed by atoms with Crippen LogP contribution in [0.2, 0.25) is 5.02 Å². The second-order valence-electron chi connectivity index (χ2n) is 6.25. The summed E-state index contributed by atoms with van der Waals surface area (Å²) in [6.45, 7) is 4.89. The zero-order valence-electron chi connectivity index (χ0n) is 15.3. The van der Waals surface area contributed by atoms with Gasteiger partial charge >= 0.3 is 0 Å². The first-order chi connectivity index (χ1) is 12.5. The number of benzene rings is 2. The van der Waals surface area contributed by atoms with E-state index < -0.39 is 0 Å². The molecule has 1 heterocycles. The summed E-state index contributed by atoms with van der Waals surface area (Å²) in [6, 6.07) is 11.3. The fourth-order valence-corrected chi connectivity index (χ4v) is 3.47. The minimum absolute atomic E-state index is 0.0387. The van der Waals surface area contributed by atoms with Crippen LogP contribution in [-0.2, 0) is 0 Å². The van der Waals surface area contributed by atoms with Gasteiger partial charge in [0.15, 0.2) is 11.5 Å². The SMILES string of the molecule is COc1cccc(C(=O)N2CCN(c3cc(Cl)ccc3C)CC2)c1OC. The van der Waals surface area contributed by atoms with Crippen LogP contribution >= 0.6 is 11.6 Å². The molecular weight excluding hydrogens is 352 g/mol. The first-order valence-electron chi connectivity index (χ1n) is 8.56. The van der Waals surface area contributed by atoms with Crippen molar-refractivity contribution in [3.63, 3.8) is 0 Å². The highest BCUT2D eigenvalue weighted by Gasteiger charge is 2.26. The van der Waals surface area contributed by atoms with E-state index in [2.05, 4.69) is 11.8 Å². The van der Waals surface area contributed by atoms with Gasteiger partial charge in [0.25, 0.3) is 5.91 Å². The Kier molecular flexibility index (Phi) is 5.57. The zero-order valence-corrected chi connectivity index (χ0v) is 16.0. The van der Waals surface area contributed by atoms with Gasteiger partial charge in [-0.1, -0.05) is 23.7 Å². The topological polar surface area (TPSA) is 42.0 Å². The highest BCUT2D eigenvalue weighted by atomic mass is 35.5. The molecule has 1 fully saturated rings. The van der Waals surface area contributed by atoms with E-state index in [1.54, 1.807) is 32.4 Å². The maximum atomic E-state index is 13.0. The Balaban J connectivity index is 1.74. The molecule has 0 aromatic heterocycles. The monoisotopic (exact) mass is 374 g/mol. The fourth-order valence-electron chi connectivity index (χ4n) is 3.30. The summed E-state index contributed by atoms with van der Waals surface area (Å²) in [5.41, 5.74) is 2.84. The lowest BCUT2D eigenvalue weighted by atomic mass is 10.1. The molecule has 6 heteroatoms. The van der Waals surface area contributed by atoms with E-state index in [4.69, 9.17) is 21.1 Å². The Hall–Kier alpha value is -2.40. The van der Waals surface area contributed by atoms with Crippen LogP contribution in [0, 0.1) is 6.92 Å². The number of carbonyl (C=O) groups excluding carboxylic acids is 1. The first kappa shape index (κ1) is 18.4. The zero-order chi connectivity index (χ0) is 18.7. The summed E-state index contributed by atoms with van der Waals surface area (Å²) in [7, 11) is 3.12. The van der Waals surface area contributed by atoms with Crippen molar-refractivity contribution in [2.75, 3.05) is 45.3 Å². The summed E-state index contributed by atoms with van der Waals surface area (Å²) in [6.07, 6.45) is 0. The standard InChI is InChI=1S/C20H23ClN2O3/c1-14-7-8-15(21)13-17(14)22-9-11-23(12-10-22)20(24)16-5-4-6-18(25-2)19(16)26-3/h4-8,13H,9-12H2,1-3H3. The predicted molar refractivity (Wildman–Crippen MR) is 104 cm³/mol. The van der Waals surface area contributed by atoms with Crippen molar-refractivity contribution in [2.45, 2.75) is 6.92 Å². The number of hydrogen-bond donors (Lipinski definition) is 0. The van der Waals surface area contributed by atoms with Crippen LogP contribution in [0.4, 0.5) is 5.69 Å². The van der Waals surface area contributed by atoms with Crippen LogP contribution in [0.5, 0.6) is 11.5 Å². The molecule has 5 nitrogen and oxygen atoms in total. The number of carbonyl (C=O) groups is 1. The molecule has 0 saturated carbocycles. The van der Waals surface area contributed by atoms with Crippen molar-refractivity contribution in [1.82, 2.24) is 4.90 Å². The number of ether oxygens (including phenoxy) is 2. The number of anilines is 1. The van der Waals surface area contributed by atoms with E-state index in [-0.39, 0.29) is 5.91 Å².